The molecule has 1 heterocycles. The fourth-order valence-electron chi connectivity index (χ4n) is 2.99. The molecule has 2 unspecified atom stereocenters. The van der Waals surface area contributed by atoms with E-state index in [2.05, 4.69) is 12.2 Å². The highest BCUT2D eigenvalue weighted by Crippen LogP contribution is 2.38. The molecule has 1 aliphatic carbocycles. The summed E-state index contributed by atoms with van der Waals surface area (Å²) in [5, 5.41) is 3.73. The first-order valence-electron chi connectivity index (χ1n) is 7.20. The van der Waals surface area contributed by atoms with Gasteiger partial charge in [-0.1, -0.05) is 6.92 Å². The molecular formula is C14H27NO2. The van der Waals surface area contributed by atoms with E-state index in [4.69, 9.17) is 9.47 Å². The molecule has 2 fully saturated rings. The first kappa shape index (κ1) is 13.3. The van der Waals surface area contributed by atoms with E-state index in [1.165, 1.54) is 32.1 Å². The fourth-order valence-corrected chi connectivity index (χ4v) is 2.99. The molecule has 1 saturated heterocycles. The highest BCUT2D eigenvalue weighted by molar-refractivity contribution is 4.94. The molecule has 0 aromatic carbocycles. The first-order chi connectivity index (χ1) is 8.36. The molecule has 0 amide bonds. The van der Waals surface area contributed by atoms with Gasteiger partial charge in [0.1, 0.15) is 0 Å². The van der Waals surface area contributed by atoms with Crippen molar-refractivity contribution in [2.75, 3.05) is 26.9 Å². The maximum Gasteiger partial charge on any atom is 0.0755 e. The van der Waals surface area contributed by atoms with Crippen LogP contribution in [0.5, 0.6) is 0 Å². The van der Waals surface area contributed by atoms with E-state index in [1.807, 2.05) is 7.11 Å². The van der Waals surface area contributed by atoms with Crippen LogP contribution in [0.3, 0.4) is 0 Å². The second-order valence-electron chi connectivity index (χ2n) is 5.47. The van der Waals surface area contributed by atoms with Gasteiger partial charge in [0.2, 0.25) is 0 Å². The number of hydrogen-bond donors (Lipinski definition) is 1. The van der Waals surface area contributed by atoms with Gasteiger partial charge in [0, 0.05) is 26.4 Å². The first-order valence-corrected chi connectivity index (χ1v) is 7.20. The zero-order valence-corrected chi connectivity index (χ0v) is 11.3. The smallest absolute Gasteiger partial charge is 0.0755 e. The van der Waals surface area contributed by atoms with Gasteiger partial charge in [-0.05, 0) is 50.5 Å². The molecule has 2 rings (SSSR count). The number of rotatable bonds is 7. The van der Waals surface area contributed by atoms with Crippen LogP contribution in [0, 0.1) is 11.8 Å². The molecule has 0 radical (unpaired) electrons. The normalized spacial score (nSPS) is 25.8. The van der Waals surface area contributed by atoms with Gasteiger partial charge in [-0.15, -0.1) is 0 Å². The maximum absolute atomic E-state index is 5.78. The maximum atomic E-state index is 5.78. The zero-order chi connectivity index (χ0) is 12.1. The number of methoxy groups -OCH3 is 1. The topological polar surface area (TPSA) is 30.5 Å². The van der Waals surface area contributed by atoms with Crippen molar-refractivity contribution in [3.8, 4) is 0 Å². The lowest BCUT2D eigenvalue weighted by molar-refractivity contribution is -0.00538. The number of hydrogen-bond acceptors (Lipinski definition) is 3. The van der Waals surface area contributed by atoms with Crippen molar-refractivity contribution in [1.29, 1.82) is 0 Å². The second kappa shape index (κ2) is 6.72. The summed E-state index contributed by atoms with van der Waals surface area (Å²) in [6, 6.07) is 0.538. The third-order valence-electron chi connectivity index (χ3n) is 4.12. The van der Waals surface area contributed by atoms with E-state index in [0.717, 1.165) is 31.6 Å². The van der Waals surface area contributed by atoms with Gasteiger partial charge < -0.3 is 14.8 Å². The molecule has 1 N–H and O–H groups in total. The van der Waals surface area contributed by atoms with Crippen molar-refractivity contribution in [1.82, 2.24) is 5.32 Å². The minimum atomic E-state index is 0.421. The molecule has 2 aliphatic rings. The Morgan fingerprint density at radius 1 is 1.18 bits per heavy atom. The standard InChI is InChI=1S/C14H27NO2/c1-3-8-15-13(11-6-9-17-10-7-11)14(16-2)12-4-5-12/h11-15H,3-10H2,1-2H3. The van der Waals surface area contributed by atoms with Gasteiger partial charge in [0.25, 0.3) is 0 Å². The van der Waals surface area contributed by atoms with E-state index in [-0.39, 0.29) is 0 Å². The summed E-state index contributed by atoms with van der Waals surface area (Å²) >= 11 is 0. The van der Waals surface area contributed by atoms with Gasteiger partial charge in [0.15, 0.2) is 0 Å². The summed E-state index contributed by atoms with van der Waals surface area (Å²) < 4.78 is 11.3. The molecule has 17 heavy (non-hydrogen) atoms. The molecule has 1 aliphatic heterocycles. The van der Waals surface area contributed by atoms with Gasteiger partial charge in [-0.2, -0.15) is 0 Å². The molecule has 0 bridgehead atoms. The van der Waals surface area contributed by atoms with Crippen molar-refractivity contribution in [3.05, 3.63) is 0 Å². The Morgan fingerprint density at radius 3 is 2.41 bits per heavy atom. The van der Waals surface area contributed by atoms with Crippen LogP contribution in [-0.2, 0) is 9.47 Å². The van der Waals surface area contributed by atoms with Crippen molar-refractivity contribution < 1.29 is 9.47 Å². The minimum Gasteiger partial charge on any atom is -0.381 e. The lowest BCUT2D eigenvalue weighted by Gasteiger charge is -2.36. The molecule has 3 heteroatoms. The summed E-state index contributed by atoms with van der Waals surface area (Å²) in [6.45, 7) is 5.19. The minimum absolute atomic E-state index is 0.421. The quantitative estimate of drug-likeness (QED) is 0.741. The molecule has 100 valence electrons. The van der Waals surface area contributed by atoms with Crippen molar-refractivity contribution in [2.45, 2.75) is 51.2 Å². The van der Waals surface area contributed by atoms with Gasteiger partial charge >= 0.3 is 0 Å². The fraction of sp³-hybridized carbons (Fsp3) is 1.00. The third-order valence-corrected chi connectivity index (χ3v) is 4.12. The highest BCUT2D eigenvalue weighted by atomic mass is 16.5. The van der Waals surface area contributed by atoms with Crippen LogP contribution >= 0.6 is 0 Å². The van der Waals surface area contributed by atoms with Crippen LogP contribution in [0.4, 0.5) is 0 Å². The zero-order valence-electron chi connectivity index (χ0n) is 11.3. The van der Waals surface area contributed by atoms with E-state index in [1.54, 1.807) is 0 Å². The monoisotopic (exact) mass is 241 g/mol. The second-order valence-corrected chi connectivity index (χ2v) is 5.47. The summed E-state index contributed by atoms with van der Waals surface area (Å²) in [6.07, 6.45) is 6.70. The van der Waals surface area contributed by atoms with Crippen molar-refractivity contribution in [3.63, 3.8) is 0 Å². The van der Waals surface area contributed by atoms with E-state index in [9.17, 15) is 0 Å². The Balaban J connectivity index is 1.94. The molecular weight excluding hydrogens is 214 g/mol. The lowest BCUT2D eigenvalue weighted by Crippen LogP contribution is -2.49. The summed E-state index contributed by atoms with van der Waals surface area (Å²) in [4.78, 5) is 0. The van der Waals surface area contributed by atoms with Crippen LogP contribution in [0.2, 0.25) is 0 Å². The Morgan fingerprint density at radius 2 is 1.88 bits per heavy atom. The largest absolute Gasteiger partial charge is 0.381 e. The van der Waals surface area contributed by atoms with Gasteiger partial charge in [-0.25, -0.2) is 0 Å². The molecule has 0 aromatic rings. The molecule has 2 atom stereocenters. The van der Waals surface area contributed by atoms with E-state index < -0.39 is 0 Å². The Bertz CT molecular complexity index is 212. The van der Waals surface area contributed by atoms with Crippen molar-refractivity contribution >= 4 is 0 Å². The predicted molar refractivity (Wildman–Crippen MR) is 69.1 cm³/mol. The predicted octanol–water partition coefficient (Wildman–Crippen LogP) is 2.21. The van der Waals surface area contributed by atoms with E-state index in [0.29, 0.717) is 12.1 Å². The van der Waals surface area contributed by atoms with Crippen LogP contribution < -0.4 is 5.32 Å². The van der Waals surface area contributed by atoms with E-state index >= 15 is 0 Å². The highest BCUT2D eigenvalue weighted by Gasteiger charge is 2.40. The Kier molecular flexibility index (Phi) is 5.26. The third kappa shape index (κ3) is 3.67. The Hall–Kier alpha value is -0.120. The average Bonchev–Trinajstić information content (AvgIpc) is 3.20. The van der Waals surface area contributed by atoms with Crippen LogP contribution in [0.1, 0.15) is 39.0 Å². The van der Waals surface area contributed by atoms with Crippen LogP contribution in [0.25, 0.3) is 0 Å². The summed E-state index contributed by atoms with van der Waals surface area (Å²) in [5.41, 5.74) is 0. The molecule has 0 aromatic heterocycles. The number of ether oxygens (including phenoxy) is 2. The summed E-state index contributed by atoms with van der Waals surface area (Å²) in [5.74, 6) is 1.54. The SMILES string of the molecule is CCCNC(C1CCOCC1)C(OC)C1CC1. The van der Waals surface area contributed by atoms with Crippen LogP contribution in [-0.4, -0.2) is 39.0 Å². The molecule has 1 saturated carbocycles. The average molecular weight is 241 g/mol. The van der Waals surface area contributed by atoms with Gasteiger partial charge in [-0.3, -0.25) is 0 Å². The Labute approximate surface area is 105 Å². The van der Waals surface area contributed by atoms with Gasteiger partial charge in [0.05, 0.1) is 6.10 Å². The van der Waals surface area contributed by atoms with Crippen molar-refractivity contribution in [2.24, 2.45) is 11.8 Å². The summed E-state index contributed by atoms with van der Waals surface area (Å²) in [7, 11) is 1.88. The number of nitrogens with one attached hydrogen (secondary N) is 1. The molecule has 3 nitrogen and oxygen atoms in total. The molecule has 0 spiro atoms. The lowest BCUT2D eigenvalue weighted by atomic mass is 9.86. The van der Waals surface area contributed by atoms with Crippen LogP contribution in [0.15, 0.2) is 0 Å².